The molecule has 1 aromatic carbocycles. The molecule has 0 fully saturated rings. The number of rotatable bonds is 5. The first-order valence-corrected chi connectivity index (χ1v) is 6.15. The maximum atomic E-state index is 5.56. The lowest BCUT2D eigenvalue weighted by atomic mass is 10.2. The lowest BCUT2D eigenvalue weighted by Gasteiger charge is -2.09. The minimum absolute atomic E-state index is 0.576. The van der Waals surface area contributed by atoms with Crippen molar-refractivity contribution in [1.82, 2.24) is 0 Å². The van der Waals surface area contributed by atoms with Crippen LogP contribution < -0.4 is 4.74 Å². The van der Waals surface area contributed by atoms with Crippen molar-refractivity contribution in [3.63, 3.8) is 0 Å². The molecule has 0 aliphatic rings. The molecule has 0 bridgehead atoms. The number of ether oxygens (including phenoxy) is 2. The molecule has 1 rings (SSSR count). The van der Waals surface area contributed by atoms with E-state index >= 15 is 0 Å². The molecule has 0 atom stereocenters. The molecule has 0 heterocycles. The van der Waals surface area contributed by atoms with Gasteiger partial charge in [-0.05, 0) is 12.1 Å². The van der Waals surface area contributed by atoms with Crippen LogP contribution in [0.4, 0.5) is 0 Å². The minimum atomic E-state index is 0.576. The fraction of sp³-hybridized carbons (Fsp3) is 0.400. The first kappa shape index (κ1) is 12.0. The van der Waals surface area contributed by atoms with Gasteiger partial charge in [0.2, 0.25) is 0 Å². The molecular formula is C10H12Br2O2. The predicted molar refractivity (Wildman–Crippen MR) is 64.1 cm³/mol. The minimum Gasteiger partial charge on any atom is -0.491 e. The van der Waals surface area contributed by atoms with Gasteiger partial charge in [0, 0.05) is 22.5 Å². The van der Waals surface area contributed by atoms with E-state index in [4.69, 9.17) is 9.47 Å². The molecule has 0 N–H and O–H groups in total. The Bertz CT molecular complexity index is 289. The summed E-state index contributed by atoms with van der Waals surface area (Å²) in [5, 5.41) is 0.794. The van der Waals surface area contributed by atoms with E-state index in [-0.39, 0.29) is 0 Å². The Morgan fingerprint density at radius 2 is 2.07 bits per heavy atom. The van der Waals surface area contributed by atoms with Crippen molar-refractivity contribution >= 4 is 31.9 Å². The highest BCUT2D eigenvalue weighted by atomic mass is 79.9. The van der Waals surface area contributed by atoms with Crippen LogP contribution >= 0.6 is 31.9 Å². The highest BCUT2D eigenvalue weighted by Crippen LogP contribution is 2.25. The molecule has 0 aromatic heterocycles. The molecule has 0 unspecified atom stereocenters. The molecule has 0 spiro atoms. The van der Waals surface area contributed by atoms with Gasteiger partial charge in [0.15, 0.2) is 0 Å². The molecule has 1 aromatic rings. The molecular weight excluding hydrogens is 312 g/mol. The van der Waals surface area contributed by atoms with E-state index in [1.165, 1.54) is 0 Å². The zero-order chi connectivity index (χ0) is 10.4. The van der Waals surface area contributed by atoms with Crippen molar-refractivity contribution in [2.45, 2.75) is 5.33 Å². The topological polar surface area (TPSA) is 18.5 Å². The van der Waals surface area contributed by atoms with Crippen molar-refractivity contribution in [1.29, 1.82) is 0 Å². The molecule has 14 heavy (non-hydrogen) atoms. The largest absolute Gasteiger partial charge is 0.491 e. The van der Waals surface area contributed by atoms with E-state index in [1.807, 2.05) is 18.2 Å². The van der Waals surface area contributed by atoms with Crippen LogP contribution in [0.25, 0.3) is 0 Å². The van der Waals surface area contributed by atoms with Gasteiger partial charge >= 0.3 is 0 Å². The number of benzene rings is 1. The van der Waals surface area contributed by atoms with Gasteiger partial charge in [0.25, 0.3) is 0 Å². The summed E-state index contributed by atoms with van der Waals surface area (Å²) in [5.74, 6) is 0.897. The lowest BCUT2D eigenvalue weighted by molar-refractivity contribution is 0.146. The first-order chi connectivity index (χ1) is 6.77. The van der Waals surface area contributed by atoms with E-state index in [0.29, 0.717) is 13.2 Å². The normalized spacial score (nSPS) is 10.2. The van der Waals surface area contributed by atoms with Crippen LogP contribution in [-0.4, -0.2) is 20.3 Å². The van der Waals surface area contributed by atoms with Crippen LogP contribution in [0.3, 0.4) is 0 Å². The second-order valence-corrected chi connectivity index (χ2v) is 4.20. The Hall–Kier alpha value is -0.0600. The van der Waals surface area contributed by atoms with Gasteiger partial charge in [-0.1, -0.05) is 37.9 Å². The van der Waals surface area contributed by atoms with Crippen molar-refractivity contribution in [3.8, 4) is 5.75 Å². The quantitative estimate of drug-likeness (QED) is 0.611. The van der Waals surface area contributed by atoms with Gasteiger partial charge in [-0.15, -0.1) is 0 Å². The summed E-state index contributed by atoms with van der Waals surface area (Å²) >= 11 is 6.82. The smallest absolute Gasteiger partial charge is 0.124 e. The fourth-order valence-electron chi connectivity index (χ4n) is 1.01. The van der Waals surface area contributed by atoms with Gasteiger partial charge in [-0.2, -0.15) is 0 Å². The molecule has 0 aliphatic carbocycles. The molecule has 0 radical (unpaired) electrons. The van der Waals surface area contributed by atoms with Gasteiger partial charge in [0.1, 0.15) is 12.4 Å². The van der Waals surface area contributed by atoms with Gasteiger partial charge in [-0.25, -0.2) is 0 Å². The van der Waals surface area contributed by atoms with Gasteiger partial charge in [0.05, 0.1) is 6.61 Å². The van der Waals surface area contributed by atoms with Gasteiger partial charge in [-0.3, -0.25) is 0 Å². The third kappa shape index (κ3) is 3.59. The summed E-state index contributed by atoms with van der Waals surface area (Å²) in [5.41, 5.74) is 1.14. The summed E-state index contributed by atoms with van der Waals surface area (Å²) in [6.07, 6.45) is 0. The predicted octanol–water partition coefficient (Wildman–Crippen LogP) is 3.37. The molecule has 4 heteroatoms. The van der Waals surface area contributed by atoms with Crippen LogP contribution in [0.5, 0.6) is 5.75 Å². The van der Waals surface area contributed by atoms with E-state index < -0.39 is 0 Å². The Kier molecular flexibility index (Phi) is 5.52. The third-order valence-corrected chi connectivity index (χ3v) is 2.82. The van der Waals surface area contributed by atoms with E-state index in [9.17, 15) is 0 Å². The van der Waals surface area contributed by atoms with Crippen LogP contribution in [-0.2, 0) is 10.1 Å². The van der Waals surface area contributed by atoms with Crippen molar-refractivity contribution < 1.29 is 9.47 Å². The van der Waals surface area contributed by atoms with Crippen LogP contribution in [0.1, 0.15) is 5.56 Å². The van der Waals surface area contributed by atoms with Crippen LogP contribution in [0.15, 0.2) is 22.7 Å². The van der Waals surface area contributed by atoms with Crippen LogP contribution in [0, 0.1) is 0 Å². The molecule has 0 saturated carbocycles. The molecule has 0 aliphatic heterocycles. The van der Waals surface area contributed by atoms with E-state index in [1.54, 1.807) is 7.11 Å². The van der Waals surface area contributed by atoms with Crippen LogP contribution in [0.2, 0.25) is 0 Å². The standard InChI is InChI=1S/C10H12Br2O2/c1-13-4-5-14-10-6-9(12)3-2-8(10)7-11/h2-3,6H,4-5,7H2,1H3. The van der Waals surface area contributed by atoms with Crippen molar-refractivity contribution in [3.05, 3.63) is 28.2 Å². The van der Waals surface area contributed by atoms with E-state index in [0.717, 1.165) is 21.1 Å². The average Bonchev–Trinajstić information content (AvgIpc) is 2.19. The number of hydrogen-bond acceptors (Lipinski definition) is 2. The molecule has 0 amide bonds. The van der Waals surface area contributed by atoms with E-state index in [2.05, 4.69) is 31.9 Å². The number of halogens is 2. The fourth-order valence-corrected chi connectivity index (χ4v) is 1.81. The summed E-state index contributed by atoms with van der Waals surface area (Å²) in [6, 6.07) is 5.99. The second kappa shape index (κ2) is 6.43. The summed E-state index contributed by atoms with van der Waals surface area (Å²) in [7, 11) is 1.66. The highest BCUT2D eigenvalue weighted by molar-refractivity contribution is 9.10. The lowest BCUT2D eigenvalue weighted by Crippen LogP contribution is -2.05. The average molecular weight is 324 g/mol. The number of alkyl halides is 1. The monoisotopic (exact) mass is 322 g/mol. The number of methoxy groups -OCH3 is 1. The summed E-state index contributed by atoms with van der Waals surface area (Å²) in [4.78, 5) is 0. The summed E-state index contributed by atoms with van der Waals surface area (Å²) < 4.78 is 11.5. The Morgan fingerprint density at radius 3 is 2.71 bits per heavy atom. The highest BCUT2D eigenvalue weighted by Gasteiger charge is 2.02. The Morgan fingerprint density at radius 1 is 1.29 bits per heavy atom. The van der Waals surface area contributed by atoms with Crippen molar-refractivity contribution in [2.24, 2.45) is 0 Å². The molecule has 78 valence electrons. The third-order valence-electron chi connectivity index (χ3n) is 1.72. The van der Waals surface area contributed by atoms with Crippen molar-refractivity contribution in [2.75, 3.05) is 20.3 Å². The Labute approximate surface area is 101 Å². The second-order valence-electron chi connectivity index (χ2n) is 2.73. The molecule has 0 saturated heterocycles. The maximum absolute atomic E-state index is 5.56. The zero-order valence-corrected chi connectivity index (χ0v) is 11.1. The van der Waals surface area contributed by atoms with Gasteiger partial charge < -0.3 is 9.47 Å². The SMILES string of the molecule is COCCOc1cc(Br)ccc1CBr. The summed E-state index contributed by atoms with van der Waals surface area (Å²) in [6.45, 7) is 1.18. The zero-order valence-electron chi connectivity index (χ0n) is 7.93. The Balaban J connectivity index is 2.67. The number of hydrogen-bond donors (Lipinski definition) is 0. The molecule has 2 nitrogen and oxygen atoms in total. The maximum Gasteiger partial charge on any atom is 0.124 e. The first-order valence-electron chi connectivity index (χ1n) is 4.24.